The second-order valence-corrected chi connectivity index (χ2v) is 7.86. The molecular weight excluding hydrogens is 394 g/mol. The first-order valence-corrected chi connectivity index (χ1v) is 10.4. The number of aryl methyl sites for hydroxylation is 2. The minimum atomic E-state index is -0.165. The fraction of sp³-hybridized carbons (Fsp3) is 0.409. The number of rotatable bonds is 6. The van der Waals surface area contributed by atoms with Gasteiger partial charge in [0, 0.05) is 30.9 Å². The third-order valence-electron chi connectivity index (χ3n) is 5.34. The van der Waals surface area contributed by atoms with Crippen molar-refractivity contribution in [3.8, 4) is 5.75 Å². The lowest BCUT2D eigenvalue weighted by Crippen LogP contribution is -2.41. The van der Waals surface area contributed by atoms with Gasteiger partial charge in [0.15, 0.2) is 0 Å². The fourth-order valence-corrected chi connectivity index (χ4v) is 3.80. The summed E-state index contributed by atoms with van der Waals surface area (Å²) in [6, 6.07) is 9.71. The summed E-state index contributed by atoms with van der Waals surface area (Å²) < 4.78 is 5.18. The van der Waals surface area contributed by atoms with Crippen LogP contribution < -0.4 is 15.0 Å². The van der Waals surface area contributed by atoms with E-state index in [1.165, 1.54) is 0 Å². The predicted molar refractivity (Wildman–Crippen MR) is 117 cm³/mol. The Morgan fingerprint density at radius 2 is 1.94 bits per heavy atom. The maximum Gasteiger partial charge on any atom is 0.248 e. The average molecular weight is 422 g/mol. The van der Waals surface area contributed by atoms with E-state index in [0.717, 1.165) is 42.1 Å². The number of carbonyl (C=O) groups is 1. The van der Waals surface area contributed by atoms with Crippen LogP contribution in [0.5, 0.6) is 5.75 Å². The Balaban J connectivity index is 1.36. The van der Waals surface area contributed by atoms with Crippen LogP contribution in [0.2, 0.25) is 0 Å². The van der Waals surface area contributed by atoms with Crippen LogP contribution in [0.25, 0.3) is 0 Å². The zero-order chi connectivity index (χ0) is 21.8. The summed E-state index contributed by atoms with van der Waals surface area (Å²) >= 11 is 0. The van der Waals surface area contributed by atoms with E-state index >= 15 is 0 Å². The van der Waals surface area contributed by atoms with Crippen LogP contribution in [-0.2, 0) is 11.2 Å². The Morgan fingerprint density at radius 1 is 1.19 bits per heavy atom. The van der Waals surface area contributed by atoms with Crippen molar-refractivity contribution in [3.05, 3.63) is 53.1 Å². The maximum absolute atomic E-state index is 12.8. The van der Waals surface area contributed by atoms with E-state index < -0.39 is 0 Å². The molecule has 1 fully saturated rings. The van der Waals surface area contributed by atoms with E-state index in [9.17, 15) is 4.79 Å². The normalized spacial score (nSPS) is 16.2. The van der Waals surface area contributed by atoms with Crippen LogP contribution in [0.15, 0.2) is 30.3 Å². The number of H-pyrrole nitrogens is 1. The topological polar surface area (TPSA) is 109 Å². The van der Waals surface area contributed by atoms with Crippen LogP contribution in [-0.4, -0.2) is 51.3 Å². The van der Waals surface area contributed by atoms with Crippen molar-refractivity contribution in [2.24, 2.45) is 5.92 Å². The van der Waals surface area contributed by atoms with Crippen molar-refractivity contribution in [1.29, 1.82) is 0 Å². The number of hydrogen-bond donors (Lipinski definition) is 2. The smallest absolute Gasteiger partial charge is 0.248 e. The van der Waals surface area contributed by atoms with Gasteiger partial charge in [-0.25, -0.2) is 9.97 Å². The number of nitrogens with zero attached hydrogens (tertiary/aromatic N) is 5. The van der Waals surface area contributed by atoms with Gasteiger partial charge in [0.2, 0.25) is 17.8 Å². The molecule has 3 heterocycles. The molecule has 31 heavy (non-hydrogen) atoms. The van der Waals surface area contributed by atoms with Crippen LogP contribution in [0.1, 0.15) is 35.6 Å². The van der Waals surface area contributed by atoms with Crippen LogP contribution in [0.4, 0.5) is 11.9 Å². The highest BCUT2D eigenvalue weighted by Gasteiger charge is 2.28. The standard InChI is InChI=1S/C22H27N7O2/c1-14-11-15(2)24-22(23-14)29-10-4-5-17(13-29)20(30)26-21-25-19(27-28-21)12-16-6-8-18(31-3)9-7-16/h6-9,11,17H,4-5,10,12-13H2,1-3H3,(H2,25,26,27,28,30). The highest BCUT2D eigenvalue weighted by molar-refractivity contribution is 5.91. The number of benzene rings is 1. The number of nitrogens with one attached hydrogen (secondary N) is 2. The molecule has 0 aliphatic carbocycles. The number of piperidine rings is 1. The number of methoxy groups -OCH3 is 1. The summed E-state index contributed by atoms with van der Waals surface area (Å²) in [6.07, 6.45) is 2.32. The molecule has 1 atom stereocenters. The molecule has 9 heteroatoms. The molecule has 3 aromatic rings. The van der Waals surface area contributed by atoms with Gasteiger partial charge in [-0.15, -0.1) is 5.10 Å². The second-order valence-electron chi connectivity index (χ2n) is 7.86. The number of anilines is 2. The number of carbonyl (C=O) groups excluding carboxylic acids is 1. The van der Waals surface area contributed by atoms with E-state index in [1.54, 1.807) is 7.11 Å². The monoisotopic (exact) mass is 421 g/mol. The Kier molecular flexibility index (Phi) is 6.11. The van der Waals surface area contributed by atoms with Gasteiger partial charge >= 0.3 is 0 Å². The van der Waals surface area contributed by atoms with E-state index in [-0.39, 0.29) is 11.8 Å². The number of amides is 1. The van der Waals surface area contributed by atoms with Crippen LogP contribution in [0.3, 0.4) is 0 Å². The van der Waals surface area contributed by atoms with Crippen molar-refractivity contribution >= 4 is 17.8 Å². The molecule has 0 spiro atoms. The number of aromatic amines is 1. The minimum Gasteiger partial charge on any atom is -0.497 e. The zero-order valence-corrected chi connectivity index (χ0v) is 18.1. The molecule has 1 saturated heterocycles. The number of aromatic nitrogens is 5. The summed E-state index contributed by atoms with van der Waals surface area (Å²) in [5, 5.41) is 9.90. The third-order valence-corrected chi connectivity index (χ3v) is 5.34. The second kappa shape index (κ2) is 9.11. The Hall–Kier alpha value is -3.49. The first-order chi connectivity index (χ1) is 15.0. The van der Waals surface area contributed by atoms with Gasteiger partial charge < -0.3 is 9.64 Å². The van der Waals surface area contributed by atoms with Crippen molar-refractivity contribution in [1.82, 2.24) is 25.1 Å². The molecule has 0 bridgehead atoms. The van der Waals surface area contributed by atoms with Crippen molar-refractivity contribution in [2.45, 2.75) is 33.1 Å². The summed E-state index contributed by atoms with van der Waals surface area (Å²) in [7, 11) is 1.64. The van der Waals surface area contributed by atoms with E-state index in [0.29, 0.717) is 30.7 Å². The zero-order valence-electron chi connectivity index (χ0n) is 18.1. The van der Waals surface area contributed by atoms with E-state index in [4.69, 9.17) is 4.74 Å². The van der Waals surface area contributed by atoms with Gasteiger partial charge in [0.05, 0.1) is 13.0 Å². The minimum absolute atomic E-state index is 0.0796. The molecule has 1 aromatic carbocycles. The van der Waals surface area contributed by atoms with Gasteiger partial charge in [-0.1, -0.05) is 12.1 Å². The molecule has 4 rings (SSSR count). The summed E-state index contributed by atoms with van der Waals surface area (Å²) in [5.74, 6) is 2.24. The highest BCUT2D eigenvalue weighted by Crippen LogP contribution is 2.22. The molecule has 0 saturated carbocycles. The maximum atomic E-state index is 12.8. The third kappa shape index (κ3) is 5.17. The molecule has 162 valence electrons. The molecule has 9 nitrogen and oxygen atoms in total. The lowest BCUT2D eigenvalue weighted by molar-refractivity contribution is -0.120. The van der Waals surface area contributed by atoms with Crippen molar-refractivity contribution in [2.75, 3.05) is 30.4 Å². The molecule has 2 N–H and O–H groups in total. The number of hydrogen-bond acceptors (Lipinski definition) is 7. The van der Waals surface area contributed by atoms with Gasteiger partial charge in [0.25, 0.3) is 0 Å². The van der Waals surface area contributed by atoms with Gasteiger partial charge in [-0.05, 0) is 50.5 Å². The molecule has 1 amide bonds. The Labute approximate surface area is 181 Å². The Morgan fingerprint density at radius 3 is 2.65 bits per heavy atom. The number of ether oxygens (including phenoxy) is 1. The summed E-state index contributed by atoms with van der Waals surface area (Å²) in [5.41, 5.74) is 2.93. The molecule has 1 aliphatic heterocycles. The first-order valence-electron chi connectivity index (χ1n) is 10.4. The van der Waals surface area contributed by atoms with Gasteiger partial charge in [-0.3, -0.25) is 15.2 Å². The quantitative estimate of drug-likeness (QED) is 0.630. The summed E-state index contributed by atoms with van der Waals surface area (Å²) in [4.78, 5) is 28.4. The highest BCUT2D eigenvalue weighted by atomic mass is 16.5. The van der Waals surface area contributed by atoms with E-state index in [2.05, 4.69) is 35.4 Å². The summed E-state index contributed by atoms with van der Waals surface area (Å²) in [6.45, 7) is 5.34. The van der Waals surface area contributed by atoms with Crippen LogP contribution >= 0.6 is 0 Å². The molecule has 0 radical (unpaired) electrons. The first kappa shape index (κ1) is 20.8. The average Bonchev–Trinajstić information content (AvgIpc) is 3.20. The van der Waals surface area contributed by atoms with Crippen LogP contribution in [0, 0.1) is 19.8 Å². The SMILES string of the molecule is COc1ccc(Cc2nc(NC(=O)C3CCCN(c4nc(C)cc(C)n4)C3)n[nH]2)cc1. The van der Waals surface area contributed by atoms with Crippen molar-refractivity contribution < 1.29 is 9.53 Å². The van der Waals surface area contributed by atoms with Gasteiger partial charge in [-0.2, -0.15) is 4.98 Å². The lowest BCUT2D eigenvalue weighted by atomic mass is 9.97. The fourth-order valence-electron chi connectivity index (χ4n) is 3.80. The molecule has 1 unspecified atom stereocenters. The molecular formula is C22H27N7O2. The largest absolute Gasteiger partial charge is 0.497 e. The van der Waals surface area contributed by atoms with E-state index in [1.807, 2.05) is 44.2 Å². The lowest BCUT2D eigenvalue weighted by Gasteiger charge is -2.32. The predicted octanol–water partition coefficient (Wildman–Crippen LogP) is 2.67. The molecule has 1 aliphatic rings. The Bertz CT molecular complexity index is 1030. The van der Waals surface area contributed by atoms with Gasteiger partial charge in [0.1, 0.15) is 11.6 Å². The molecule has 2 aromatic heterocycles. The van der Waals surface area contributed by atoms with Crippen molar-refractivity contribution in [3.63, 3.8) is 0 Å².